The van der Waals surface area contributed by atoms with Gasteiger partial charge in [0, 0.05) is 38.3 Å². The van der Waals surface area contributed by atoms with Crippen molar-refractivity contribution >= 4 is 11.7 Å². The van der Waals surface area contributed by atoms with Gasteiger partial charge in [-0.2, -0.15) is 4.57 Å². The van der Waals surface area contributed by atoms with Gasteiger partial charge in [-0.15, -0.1) is 0 Å². The second-order valence-electron chi connectivity index (χ2n) is 10.1. The van der Waals surface area contributed by atoms with Gasteiger partial charge in [-0.25, -0.2) is 4.79 Å². The number of esters is 1. The van der Waals surface area contributed by atoms with Gasteiger partial charge < -0.3 is 19.1 Å². The van der Waals surface area contributed by atoms with Gasteiger partial charge in [-0.1, -0.05) is 52.4 Å². The largest absolute Gasteiger partial charge is 0.494 e. The van der Waals surface area contributed by atoms with Crippen LogP contribution in [0.1, 0.15) is 88.2 Å². The van der Waals surface area contributed by atoms with Gasteiger partial charge in [0.25, 0.3) is 0 Å². The summed E-state index contributed by atoms with van der Waals surface area (Å²) in [6.07, 6.45) is 14.4. The number of benzene rings is 2. The molecule has 2 aromatic carbocycles. The highest BCUT2D eigenvalue weighted by atomic mass is 16.5. The maximum atomic E-state index is 12.7. The molecule has 0 radical (unpaired) electrons. The third-order valence-electron chi connectivity index (χ3n) is 6.65. The summed E-state index contributed by atoms with van der Waals surface area (Å²) in [5.41, 5.74) is 1.62. The molecule has 6 heteroatoms. The SMILES string of the molecule is CCCCCCCCC(Oc1ccc(C(=O)Oc2ccc(OCCCC)cc2)cc1)[n+]1ccc(N(C)C)cc1. The minimum absolute atomic E-state index is 0.122. The Morgan fingerprint density at radius 1 is 0.744 bits per heavy atom. The average molecular weight is 534 g/mol. The van der Waals surface area contributed by atoms with Crippen molar-refractivity contribution in [1.82, 2.24) is 0 Å². The number of nitrogens with zero attached hydrogens (tertiary/aromatic N) is 2. The highest BCUT2D eigenvalue weighted by molar-refractivity contribution is 5.91. The van der Waals surface area contributed by atoms with E-state index in [0.717, 1.165) is 42.9 Å². The van der Waals surface area contributed by atoms with E-state index in [1.165, 1.54) is 32.1 Å². The van der Waals surface area contributed by atoms with Crippen LogP contribution in [0.2, 0.25) is 0 Å². The Bertz CT molecular complexity index is 1100. The molecule has 6 nitrogen and oxygen atoms in total. The van der Waals surface area contributed by atoms with E-state index in [2.05, 4.69) is 47.8 Å². The van der Waals surface area contributed by atoms with E-state index >= 15 is 0 Å². The van der Waals surface area contributed by atoms with Gasteiger partial charge in [-0.3, -0.25) is 0 Å². The molecule has 0 aliphatic rings. The number of hydrogen-bond donors (Lipinski definition) is 0. The van der Waals surface area contributed by atoms with E-state index < -0.39 is 5.97 Å². The predicted molar refractivity (Wildman–Crippen MR) is 157 cm³/mol. The minimum atomic E-state index is -0.404. The number of pyridine rings is 1. The van der Waals surface area contributed by atoms with Crippen molar-refractivity contribution in [2.75, 3.05) is 25.6 Å². The lowest BCUT2D eigenvalue weighted by Crippen LogP contribution is -2.42. The third-order valence-corrected chi connectivity index (χ3v) is 6.65. The van der Waals surface area contributed by atoms with Crippen molar-refractivity contribution in [2.24, 2.45) is 0 Å². The molecule has 210 valence electrons. The highest BCUT2D eigenvalue weighted by Crippen LogP contribution is 2.23. The van der Waals surface area contributed by atoms with Crippen LogP contribution in [0.5, 0.6) is 17.2 Å². The van der Waals surface area contributed by atoms with E-state index in [-0.39, 0.29) is 6.23 Å². The molecule has 0 bridgehead atoms. The first-order valence-corrected chi connectivity index (χ1v) is 14.4. The van der Waals surface area contributed by atoms with Gasteiger partial charge in [0.2, 0.25) is 0 Å². The normalized spacial score (nSPS) is 11.6. The fraction of sp³-hybridized carbons (Fsp3) is 0.455. The first-order valence-electron chi connectivity index (χ1n) is 14.4. The van der Waals surface area contributed by atoms with Gasteiger partial charge in [0.1, 0.15) is 17.2 Å². The Morgan fingerprint density at radius 3 is 1.97 bits per heavy atom. The van der Waals surface area contributed by atoms with E-state index in [1.54, 1.807) is 24.3 Å². The van der Waals surface area contributed by atoms with E-state index in [0.29, 0.717) is 17.9 Å². The zero-order valence-corrected chi connectivity index (χ0v) is 24.1. The van der Waals surface area contributed by atoms with Crippen LogP contribution < -0.4 is 23.7 Å². The summed E-state index contributed by atoms with van der Waals surface area (Å²) < 4.78 is 19.8. The lowest BCUT2D eigenvalue weighted by Gasteiger charge is -2.16. The number of anilines is 1. The van der Waals surface area contributed by atoms with E-state index in [4.69, 9.17) is 14.2 Å². The van der Waals surface area contributed by atoms with Crippen molar-refractivity contribution in [3.05, 3.63) is 78.6 Å². The molecule has 3 aromatic rings. The summed E-state index contributed by atoms with van der Waals surface area (Å²) in [5, 5.41) is 0. The Balaban J connectivity index is 1.60. The third kappa shape index (κ3) is 10.3. The van der Waals surface area contributed by atoms with Crippen LogP contribution in [0.3, 0.4) is 0 Å². The quantitative estimate of drug-likeness (QED) is 0.0768. The molecule has 0 saturated heterocycles. The fourth-order valence-corrected chi connectivity index (χ4v) is 4.22. The van der Waals surface area contributed by atoms with Crippen LogP contribution in [-0.4, -0.2) is 26.7 Å². The molecule has 0 aliphatic heterocycles. The molecule has 1 heterocycles. The Hall–Kier alpha value is -3.54. The summed E-state index contributed by atoms with van der Waals surface area (Å²) in [4.78, 5) is 14.8. The molecule has 1 aromatic heterocycles. The second-order valence-corrected chi connectivity index (χ2v) is 10.1. The highest BCUT2D eigenvalue weighted by Gasteiger charge is 2.20. The van der Waals surface area contributed by atoms with E-state index in [1.807, 2.05) is 38.4 Å². The van der Waals surface area contributed by atoms with Gasteiger partial charge in [0.05, 0.1) is 12.2 Å². The van der Waals surface area contributed by atoms with Crippen LogP contribution in [0, 0.1) is 0 Å². The molecule has 39 heavy (non-hydrogen) atoms. The molecule has 1 unspecified atom stereocenters. The molecule has 0 spiro atoms. The van der Waals surface area contributed by atoms with E-state index in [9.17, 15) is 4.79 Å². The number of ether oxygens (including phenoxy) is 3. The predicted octanol–water partition coefficient (Wildman–Crippen LogP) is 7.77. The second kappa shape index (κ2) is 16.4. The Labute approximate surface area is 234 Å². The van der Waals surface area contributed by atoms with Crippen molar-refractivity contribution in [3.63, 3.8) is 0 Å². The maximum Gasteiger partial charge on any atom is 0.343 e. The van der Waals surface area contributed by atoms with Crippen molar-refractivity contribution in [2.45, 2.75) is 77.9 Å². The zero-order chi connectivity index (χ0) is 27.9. The van der Waals surface area contributed by atoms with Crippen LogP contribution in [0.4, 0.5) is 5.69 Å². The van der Waals surface area contributed by atoms with Crippen LogP contribution in [0.15, 0.2) is 73.1 Å². The summed E-state index contributed by atoms with van der Waals surface area (Å²) >= 11 is 0. The number of hydrogen-bond acceptors (Lipinski definition) is 5. The van der Waals surface area contributed by atoms with Gasteiger partial charge in [0.15, 0.2) is 12.4 Å². The molecule has 0 saturated carbocycles. The van der Waals surface area contributed by atoms with Crippen molar-refractivity contribution < 1.29 is 23.6 Å². The fourth-order valence-electron chi connectivity index (χ4n) is 4.22. The first-order chi connectivity index (χ1) is 19.0. The first kappa shape index (κ1) is 30.0. The standard InChI is InChI=1S/C33H45N2O4/c1-5-7-9-10-11-12-13-32(35-24-22-28(23-25-35)34(3)4)38-30-16-14-27(15-17-30)33(36)39-31-20-18-29(19-21-31)37-26-8-6-2/h14-25,32H,5-13,26H2,1-4H3/q+1. The molecule has 0 fully saturated rings. The summed E-state index contributed by atoms with van der Waals surface area (Å²) in [5.74, 6) is 1.58. The number of rotatable bonds is 17. The van der Waals surface area contributed by atoms with Crippen LogP contribution in [0.25, 0.3) is 0 Å². The molecule has 0 aliphatic carbocycles. The number of carbonyl (C=O) groups excluding carboxylic acids is 1. The van der Waals surface area contributed by atoms with Crippen LogP contribution in [-0.2, 0) is 0 Å². The van der Waals surface area contributed by atoms with Crippen LogP contribution >= 0.6 is 0 Å². The molecule has 3 rings (SSSR count). The number of unbranched alkanes of at least 4 members (excludes halogenated alkanes) is 6. The molecule has 1 atom stereocenters. The monoisotopic (exact) mass is 533 g/mol. The summed E-state index contributed by atoms with van der Waals surface area (Å²) in [6.45, 7) is 5.05. The minimum Gasteiger partial charge on any atom is -0.494 e. The van der Waals surface area contributed by atoms with Gasteiger partial charge in [-0.05, 0) is 61.4 Å². The Morgan fingerprint density at radius 2 is 1.33 bits per heavy atom. The lowest BCUT2D eigenvalue weighted by atomic mass is 10.1. The zero-order valence-electron chi connectivity index (χ0n) is 24.1. The van der Waals surface area contributed by atoms with Gasteiger partial charge >= 0.3 is 12.2 Å². The average Bonchev–Trinajstić information content (AvgIpc) is 2.95. The molecular weight excluding hydrogens is 488 g/mol. The topological polar surface area (TPSA) is 51.9 Å². The molecular formula is C33H45N2O4+. The lowest BCUT2D eigenvalue weighted by molar-refractivity contribution is -0.754. The number of carbonyl (C=O) groups is 1. The summed E-state index contributed by atoms with van der Waals surface area (Å²) in [7, 11) is 4.07. The molecule has 0 N–H and O–H groups in total. The summed E-state index contributed by atoms with van der Waals surface area (Å²) in [6, 6.07) is 18.5. The number of aromatic nitrogens is 1. The smallest absolute Gasteiger partial charge is 0.343 e. The maximum absolute atomic E-state index is 12.7. The molecule has 0 amide bonds. The Kier molecular flexibility index (Phi) is 12.6. The van der Waals surface area contributed by atoms with Crippen molar-refractivity contribution in [3.8, 4) is 17.2 Å². The van der Waals surface area contributed by atoms with Crippen molar-refractivity contribution in [1.29, 1.82) is 0 Å².